The lowest BCUT2D eigenvalue weighted by atomic mass is 10.0. The largest absolute Gasteiger partial charge is 0.494 e. The van der Waals surface area contributed by atoms with Crippen LogP contribution in [0, 0.1) is 0 Å². The van der Waals surface area contributed by atoms with Gasteiger partial charge in [0.2, 0.25) is 0 Å². The zero-order chi connectivity index (χ0) is 15.7. The quantitative estimate of drug-likeness (QED) is 0.773. The third kappa shape index (κ3) is 2.30. The van der Waals surface area contributed by atoms with Crippen LogP contribution in [0.4, 0.5) is 0 Å². The Kier molecular flexibility index (Phi) is 3.55. The van der Waals surface area contributed by atoms with Crippen molar-refractivity contribution in [2.24, 2.45) is 0 Å². The molecule has 5 heteroatoms. The first kappa shape index (κ1) is 14.1. The average molecular weight is 296 g/mol. The topological polar surface area (TPSA) is 75.2 Å². The van der Waals surface area contributed by atoms with Crippen molar-refractivity contribution in [1.82, 2.24) is 9.97 Å². The number of fused-ring (bicyclic) bond motifs is 1. The molecular weight excluding hydrogens is 280 g/mol. The first-order chi connectivity index (χ1) is 10.6. The summed E-state index contributed by atoms with van der Waals surface area (Å²) < 4.78 is 5.30. The van der Waals surface area contributed by atoms with Gasteiger partial charge < -0.3 is 14.8 Å². The highest BCUT2D eigenvalue weighted by Crippen LogP contribution is 2.30. The number of ether oxygens (including phenoxy) is 1. The molecule has 1 heterocycles. The number of methoxy groups -OCH3 is 1. The highest BCUT2D eigenvalue weighted by Gasteiger charge is 2.19. The van der Waals surface area contributed by atoms with E-state index in [-0.39, 0.29) is 11.5 Å². The van der Waals surface area contributed by atoms with E-state index in [1.54, 1.807) is 13.2 Å². The van der Waals surface area contributed by atoms with E-state index in [0.29, 0.717) is 22.6 Å². The number of carboxylic acids is 1. The van der Waals surface area contributed by atoms with Crippen molar-refractivity contribution in [2.45, 2.75) is 12.8 Å². The van der Waals surface area contributed by atoms with Crippen molar-refractivity contribution in [2.75, 3.05) is 7.11 Å². The summed E-state index contributed by atoms with van der Waals surface area (Å²) in [6.45, 7) is 2.03. The summed E-state index contributed by atoms with van der Waals surface area (Å²) in [5.74, 6) is 0.324. The van der Waals surface area contributed by atoms with Crippen LogP contribution in [0.3, 0.4) is 0 Å². The van der Waals surface area contributed by atoms with Gasteiger partial charge in [0.25, 0.3) is 0 Å². The molecule has 0 aliphatic rings. The third-order valence-corrected chi connectivity index (χ3v) is 3.79. The zero-order valence-electron chi connectivity index (χ0n) is 12.3. The number of aromatic nitrogens is 2. The molecule has 0 radical (unpaired) electrons. The standard InChI is InChI=1S/C17H16N2O3/c1-10(11-6-4-3-5-7-11)16-18-14-12(17(20)21)8-9-13(22-2)15(14)19-16/h3-10H,1-2H3,(H,18,19)(H,20,21). The summed E-state index contributed by atoms with van der Waals surface area (Å²) in [5.41, 5.74) is 2.31. The van der Waals surface area contributed by atoms with Crippen molar-refractivity contribution in [3.05, 3.63) is 59.4 Å². The van der Waals surface area contributed by atoms with Gasteiger partial charge in [-0.15, -0.1) is 0 Å². The molecule has 0 aliphatic carbocycles. The number of H-pyrrole nitrogens is 1. The van der Waals surface area contributed by atoms with E-state index in [2.05, 4.69) is 9.97 Å². The van der Waals surface area contributed by atoms with Gasteiger partial charge in [0, 0.05) is 5.92 Å². The van der Waals surface area contributed by atoms with Crippen molar-refractivity contribution < 1.29 is 14.6 Å². The molecular formula is C17H16N2O3. The lowest BCUT2D eigenvalue weighted by molar-refractivity contribution is 0.0699. The maximum atomic E-state index is 11.4. The Morgan fingerprint density at radius 1 is 1.23 bits per heavy atom. The van der Waals surface area contributed by atoms with Gasteiger partial charge in [0.15, 0.2) is 0 Å². The van der Waals surface area contributed by atoms with E-state index in [0.717, 1.165) is 5.56 Å². The molecule has 0 bridgehead atoms. The molecule has 22 heavy (non-hydrogen) atoms. The van der Waals surface area contributed by atoms with Crippen LogP contribution in [0.1, 0.15) is 34.6 Å². The Hall–Kier alpha value is -2.82. The Balaban J connectivity index is 2.16. The molecule has 5 nitrogen and oxygen atoms in total. The molecule has 0 spiro atoms. The molecule has 3 aromatic rings. The Morgan fingerprint density at radius 2 is 1.95 bits per heavy atom. The minimum atomic E-state index is -1.00. The van der Waals surface area contributed by atoms with Crippen molar-refractivity contribution in [3.63, 3.8) is 0 Å². The number of carbonyl (C=O) groups is 1. The second-order valence-corrected chi connectivity index (χ2v) is 5.10. The average Bonchev–Trinajstić information content (AvgIpc) is 2.98. The van der Waals surface area contributed by atoms with Crippen LogP contribution >= 0.6 is 0 Å². The fourth-order valence-electron chi connectivity index (χ4n) is 2.53. The second-order valence-electron chi connectivity index (χ2n) is 5.10. The fraction of sp³-hybridized carbons (Fsp3) is 0.176. The summed E-state index contributed by atoms with van der Waals surface area (Å²) in [6.07, 6.45) is 0. The lowest BCUT2D eigenvalue weighted by Crippen LogP contribution is -1.99. The summed E-state index contributed by atoms with van der Waals surface area (Å²) in [4.78, 5) is 19.1. The first-order valence-corrected chi connectivity index (χ1v) is 6.96. The number of imidazole rings is 1. The molecule has 2 N–H and O–H groups in total. The van der Waals surface area contributed by atoms with Gasteiger partial charge in [-0.3, -0.25) is 0 Å². The molecule has 0 saturated heterocycles. The minimum Gasteiger partial charge on any atom is -0.494 e. The summed E-state index contributed by atoms with van der Waals surface area (Å²) >= 11 is 0. The number of aromatic amines is 1. The van der Waals surface area contributed by atoms with Gasteiger partial charge in [-0.1, -0.05) is 37.3 Å². The van der Waals surface area contributed by atoms with Gasteiger partial charge in [-0.2, -0.15) is 0 Å². The van der Waals surface area contributed by atoms with Gasteiger partial charge in [0.1, 0.15) is 22.6 Å². The normalized spacial score (nSPS) is 12.3. The smallest absolute Gasteiger partial charge is 0.337 e. The molecule has 1 aromatic heterocycles. The van der Waals surface area contributed by atoms with Crippen molar-refractivity contribution >= 4 is 17.0 Å². The van der Waals surface area contributed by atoms with Crippen molar-refractivity contribution in [3.8, 4) is 5.75 Å². The van der Waals surface area contributed by atoms with Crippen LogP contribution in [0.25, 0.3) is 11.0 Å². The SMILES string of the molecule is COc1ccc(C(=O)O)c2nc(C(C)c3ccccc3)[nH]c12. The van der Waals surface area contributed by atoms with Gasteiger partial charge >= 0.3 is 5.97 Å². The number of rotatable bonds is 4. The maximum Gasteiger partial charge on any atom is 0.337 e. The molecule has 0 fully saturated rings. The fourth-order valence-corrected chi connectivity index (χ4v) is 2.53. The number of hydrogen-bond donors (Lipinski definition) is 2. The molecule has 112 valence electrons. The third-order valence-electron chi connectivity index (χ3n) is 3.79. The van der Waals surface area contributed by atoms with Crippen LogP contribution in [-0.4, -0.2) is 28.2 Å². The molecule has 1 unspecified atom stereocenters. The molecule has 0 saturated carbocycles. The van der Waals surface area contributed by atoms with E-state index in [1.807, 2.05) is 37.3 Å². The highest BCUT2D eigenvalue weighted by atomic mass is 16.5. The Labute approximate surface area is 127 Å². The second kappa shape index (κ2) is 5.52. The van der Waals surface area contributed by atoms with Gasteiger partial charge in [-0.05, 0) is 17.7 Å². The Morgan fingerprint density at radius 3 is 2.59 bits per heavy atom. The number of benzene rings is 2. The van der Waals surface area contributed by atoms with E-state index >= 15 is 0 Å². The summed E-state index contributed by atoms with van der Waals surface area (Å²) in [6, 6.07) is 13.1. The van der Waals surface area contributed by atoms with Crippen LogP contribution in [-0.2, 0) is 0 Å². The van der Waals surface area contributed by atoms with E-state index in [4.69, 9.17) is 4.74 Å². The first-order valence-electron chi connectivity index (χ1n) is 6.96. The minimum absolute atomic E-state index is 0.0277. The maximum absolute atomic E-state index is 11.4. The van der Waals surface area contributed by atoms with E-state index in [1.165, 1.54) is 6.07 Å². The number of nitrogens with zero attached hydrogens (tertiary/aromatic N) is 1. The predicted molar refractivity (Wildman–Crippen MR) is 83.6 cm³/mol. The van der Waals surface area contributed by atoms with E-state index < -0.39 is 5.97 Å². The van der Waals surface area contributed by atoms with Gasteiger partial charge in [0.05, 0.1) is 12.7 Å². The van der Waals surface area contributed by atoms with Crippen molar-refractivity contribution in [1.29, 1.82) is 0 Å². The van der Waals surface area contributed by atoms with Crippen LogP contribution in [0.5, 0.6) is 5.75 Å². The van der Waals surface area contributed by atoms with Crippen LogP contribution < -0.4 is 4.74 Å². The zero-order valence-corrected chi connectivity index (χ0v) is 12.3. The summed E-state index contributed by atoms with van der Waals surface area (Å²) in [7, 11) is 1.55. The number of carboxylic acid groups (broad SMARTS) is 1. The molecule has 0 aliphatic heterocycles. The monoisotopic (exact) mass is 296 g/mol. The lowest BCUT2D eigenvalue weighted by Gasteiger charge is -2.08. The molecule has 0 amide bonds. The molecule has 2 aromatic carbocycles. The number of hydrogen-bond acceptors (Lipinski definition) is 3. The Bertz CT molecular complexity index is 825. The molecule has 1 atom stereocenters. The van der Waals surface area contributed by atoms with E-state index in [9.17, 15) is 9.90 Å². The van der Waals surface area contributed by atoms with Gasteiger partial charge in [-0.25, -0.2) is 9.78 Å². The molecule has 3 rings (SSSR count). The van der Waals surface area contributed by atoms with Crippen LogP contribution in [0.15, 0.2) is 42.5 Å². The highest BCUT2D eigenvalue weighted by molar-refractivity contribution is 6.02. The number of aromatic carboxylic acids is 1. The van der Waals surface area contributed by atoms with Crippen LogP contribution in [0.2, 0.25) is 0 Å². The summed E-state index contributed by atoms with van der Waals surface area (Å²) in [5, 5.41) is 9.32. The number of nitrogens with one attached hydrogen (secondary N) is 1. The predicted octanol–water partition coefficient (Wildman–Crippen LogP) is 3.42.